The van der Waals surface area contributed by atoms with Gasteiger partial charge in [0.2, 0.25) is 0 Å². The summed E-state index contributed by atoms with van der Waals surface area (Å²) >= 11 is 6.02. The van der Waals surface area contributed by atoms with Gasteiger partial charge in [0.15, 0.2) is 0 Å². The normalized spacial score (nSPS) is 11.5. The molecule has 8 heteroatoms. The molecule has 0 bridgehead atoms. The number of anilines is 1. The summed E-state index contributed by atoms with van der Waals surface area (Å²) in [6, 6.07) is 8.92. The molecule has 0 radical (unpaired) electrons. The van der Waals surface area contributed by atoms with Gasteiger partial charge >= 0.3 is 5.97 Å². The molecule has 0 amide bonds. The molecule has 0 aromatic heterocycles. The maximum atomic E-state index is 12.5. The van der Waals surface area contributed by atoms with E-state index >= 15 is 0 Å². The summed E-state index contributed by atoms with van der Waals surface area (Å²) in [5.41, 5.74) is 1.55. The van der Waals surface area contributed by atoms with Crippen molar-refractivity contribution < 1.29 is 23.1 Å². The highest BCUT2D eigenvalue weighted by atomic mass is 35.5. The van der Waals surface area contributed by atoms with Crippen molar-refractivity contribution in [2.24, 2.45) is 0 Å². The van der Waals surface area contributed by atoms with E-state index in [2.05, 4.69) is 4.72 Å². The first-order valence-electron chi connectivity index (χ1n) is 7.11. The number of hydrogen-bond acceptors (Lipinski definition) is 4. The van der Waals surface area contributed by atoms with E-state index in [1.54, 1.807) is 13.0 Å². The molecular formula is C17H16ClNO5S. The maximum Gasteiger partial charge on any atom is 0.328 e. The van der Waals surface area contributed by atoms with Crippen molar-refractivity contribution in [2.75, 3.05) is 11.8 Å². The lowest BCUT2D eigenvalue weighted by atomic mass is 10.2. The second-order valence-electron chi connectivity index (χ2n) is 5.15. The molecule has 0 aliphatic rings. The van der Waals surface area contributed by atoms with E-state index < -0.39 is 16.0 Å². The highest BCUT2D eigenvalue weighted by Gasteiger charge is 2.17. The average molecular weight is 382 g/mol. The molecule has 0 saturated heterocycles. The molecule has 132 valence electrons. The van der Waals surface area contributed by atoms with Crippen LogP contribution in [0.3, 0.4) is 0 Å². The minimum Gasteiger partial charge on any atom is -0.495 e. The van der Waals surface area contributed by atoms with Crippen molar-refractivity contribution in [3.05, 3.63) is 58.6 Å². The van der Waals surface area contributed by atoms with Crippen LogP contribution in [0, 0.1) is 6.92 Å². The Labute approximate surface area is 150 Å². The number of carboxylic acid groups (broad SMARTS) is 1. The molecule has 0 saturated carbocycles. The number of methoxy groups -OCH3 is 1. The van der Waals surface area contributed by atoms with Crippen LogP contribution in [0.4, 0.5) is 5.69 Å². The van der Waals surface area contributed by atoms with Gasteiger partial charge in [0.1, 0.15) is 5.75 Å². The van der Waals surface area contributed by atoms with Gasteiger partial charge in [-0.15, -0.1) is 0 Å². The summed E-state index contributed by atoms with van der Waals surface area (Å²) < 4.78 is 32.7. The second-order valence-corrected chi connectivity index (χ2v) is 7.24. The number of carbonyl (C=O) groups is 1. The first-order chi connectivity index (χ1) is 11.7. The van der Waals surface area contributed by atoms with E-state index in [1.807, 2.05) is 0 Å². The zero-order chi connectivity index (χ0) is 18.6. The fourth-order valence-corrected chi connectivity index (χ4v) is 3.26. The van der Waals surface area contributed by atoms with Crippen molar-refractivity contribution in [1.82, 2.24) is 0 Å². The van der Waals surface area contributed by atoms with Gasteiger partial charge in [-0.25, -0.2) is 13.2 Å². The lowest BCUT2D eigenvalue weighted by molar-refractivity contribution is -0.131. The lowest BCUT2D eigenvalue weighted by Gasteiger charge is -2.13. The third-order valence-corrected chi connectivity index (χ3v) is 5.12. The number of carboxylic acids is 1. The maximum absolute atomic E-state index is 12.5. The van der Waals surface area contributed by atoms with Gasteiger partial charge in [-0.3, -0.25) is 4.72 Å². The molecule has 0 aliphatic carbocycles. The zero-order valence-corrected chi connectivity index (χ0v) is 15.1. The topological polar surface area (TPSA) is 92.7 Å². The number of aryl methyl sites for hydroxylation is 1. The molecule has 6 nitrogen and oxygen atoms in total. The average Bonchev–Trinajstić information content (AvgIpc) is 2.56. The number of sulfonamides is 1. The van der Waals surface area contributed by atoms with Crippen LogP contribution < -0.4 is 9.46 Å². The Morgan fingerprint density at radius 2 is 1.88 bits per heavy atom. The molecule has 0 heterocycles. The summed E-state index contributed by atoms with van der Waals surface area (Å²) in [6.07, 6.45) is 2.35. The number of rotatable bonds is 6. The third kappa shape index (κ3) is 4.74. The number of halogens is 1. The van der Waals surface area contributed by atoms with E-state index in [9.17, 15) is 13.2 Å². The number of nitrogens with one attached hydrogen (secondary N) is 1. The minimum atomic E-state index is -3.84. The monoisotopic (exact) mass is 381 g/mol. The smallest absolute Gasteiger partial charge is 0.328 e. The molecule has 0 aliphatic heterocycles. The predicted molar refractivity (Wildman–Crippen MR) is 96.7 cm³/mol. The van der Waals surface area contributed by atoms with Gasteiger partial charge in [-0.05, 0) is 42.3 Å². The Kier molecular flexibility index (Phi) is 5.71. The molecule has 2 rings (SSSR count). The molecule has 0 fully saturated rings. The van der Waals surface area contributed by atoms with Crippen molar-refractivity contribution in [2.45, 2.75) is 11.8 Å². The highest BCUT2D eigenvalue weighted by molar-refractivity contribution is 7.92. The van der Waals surface area contributed by atoms with E-state index in [-0.39, 0.29) is 10.6 Å². The van der Waals surface area contributed by atoms with E-state index in [0.717, 1.165) is 6.08 Å². The van der Waals surface area contributed by atoms with Gasteiger partial charge in [-0.1, -0.05) is 23.7 Å². The van der Waals surface area contributed by atoms with Crippen molar-refractivity contribution in [1.29, 1.82) is 0 Å². The molecule has 2 aromatic carbocycles. The van der Waals surface area contributed by atoms with Gasteiger partial charge in [0, 0.05) is 17.2 Å². The van der Waals surface area contributed by atoms with Crippen LogP contribution in [0.25, 0.3) is 6.08 Å². The summed E-state index contributed by atoms with van der Waals surface area (Å²) in [6.45, 7) is 1.75. The van der Waals surface area contributed by atoms with Crippen LogP contribution in [0.2, 0.25) is 5.02 Å². The summed E-state index contributed by atoms with van der Waals surface area (Å²) in [7, 11) is -2.42. The Bertz CT molecular complexity index is 921. The molecule has 25 heavy (non-hydrogen) atoms. The number of benzene rings is 2. The van der Waals surface area contributed by atoms with E-state index in [1.165, 1.54) is 43.5 Å². The summed E-state index contributed by atoms with van der Waals surface area (Å²) in [4.78, 5) is 10.5. The molecular weight excluding hydrogens is 366 g/mol. The fourth-order valence-electron chi connectivity index (χ4n) is 2.04. The largest absolute Gasteiger partial charge is 0.495 e. The van der Waals surface area contributed by atoms with Crippen LogP contribution in [0.5, 0.6) is 5.75 Å². The molecule has 0 spiro atoms. The number of aliphatic carboxylic acids is 1. The van der Waals surface area contributed by atoms with Crippen molar-refractivity contribution >= 4 is 39.4 Å². The quantitative estimate of drug-likeness (QED) is 0.746. The van der Waals surface area contributed by atoms with Gasteiger partial charge in [0.05, 0.1) is 17.7 Å². The number of hydrogen-bond donors (Lipinski definition) is 2. The van der Waals surface area contributed by atoms with Crippen LogP contribution in [0.1, 0.15) is 11.1 Å². The van der Waals surface area contributed by atoms with Gasteiger partial charge in [-0.2, -0.15) is 0 Å². The van der Waals surface area contributed by atoms with Crippen molar-refractivity contribution in [3.63, 3.8) is 0 Å². The van der Waals surface area contributed by atoms with E-state index in [4.69, 9.17) is 21.4 Å². The Balaban J connectivity index is 2.31. The molecule has 0 atom stereocenters. The van der Waals surface area contributed by atoms with E-state index in [0.29, 0.717) is 21.9 Å². The minimum absolute atomic E-state index is 0.0367. The highest BCUT2D eigenvalue weighted by Crippen LogP contribution is 2.32. The standard InChI is InChI=1S/C17H16ClNO5S/c1-11-9-15(16(24-2)10-14(11)18)19-25(22,23)13-6-3-12(4-7-13)5-8-17(20)21/h3-10,19H,1-2H3,(H,20,21)/b8-5+. The third-order valence-electron chi connectivity index (χ3n) is 3.33. The first-order valence-corrected chi connectivity index (χ1v) is 8.97. The predicted octanol–water partition coefficient (Wildman–Crippen LogP) is 3.56. The Morgan fingerprint density at radius 3 is 2.44 bits per heavy atom. The first kappa shape index (κ1) is 18.8. The number of ether oxygens (including phenoxy) is 1. The summed E-state index contributed by atoms with van der Waals surface area (Å²) in [5.74, 6) is -0.774. The Morgan fingerprint density at radius 1 is 1.24 bits per heavy atom. The van der Waals surface area contributed by atoms with Crippen LogP contribution in [0.15, 0.2) is 47.4 Å². The Hall–Kier alpha value is -2.51. The van der Waals surface area contributed by atoms with Crippen molar-refractivity contribution in [3.8, 4) is 5.75 Å². The van der Waals surface area contributed by atoms with Crippen LogP contribution >= 0.6 is 11.6 Å². The SMILES string of the molecule is COc1cc(Cl)c(C)cc1NS(=O)(=O)c1ccc(/C=C/C(=O)O)cc1. The van der Waals surface area contributed by atoms with Gasteiger partial charge in [0.25, 0.3) is 10.0 Å². The van der Waals surface area contributed by atoms with Crippen LogP contribution in [-0.2, 0) is 14.8 Å². The molecule has 0 unspecified atom stereocenters. The lowest BCUT2D eigenvalue weighted by Crippen LogP contribution is -2.13. The zero-order valence-electron chi connectivity index (χ0n) is 13.5. The second kappa shape index (κ2) is 7.58. The van der Waals surface area contributed by atoms with Gasteiger partial charge < -0.3 is 9.84 Å². The fraction of sp³-hybridized carbons (Fsp3) is 0.118. The summed E-state index contributed by atoms with van der Waals surface area (Å²) in [5, 5.41) is 9.07. The molecule has 2 aromatic rings. The molecule has 2 N–H and O–H groups in total. The van der Waals surface area contributed by atoms with Crippen LogP contribution in [-0.4, -0.2) is 26.6 Å².